The fourth-order valence-corrected chi connectivity index (χ4v) is 6.12. The Kier molecular flexibility index (Phi) is 5.94. The number of aromatic nitrogens is 1. The number of carbonyl (C=O) groups is 1. The van der Waals surface area contributed by atoms with Crippen molar-refractivity contribution < 1.29 is 14.3 Å². The highest BCUT2D eigenvalue weighted by Gasteiger charge is 2.38. The van der Waals surface area contributed by atoms with E-state index in [0.29, 0.717) is 6.54 Å². The molecule has 4 aliphatic heterocycles. The zero-order valence-electron chi connectivity index (χ0n) is 21.2. The maximum Gasteiger partial charge on any atom is 0.309 e. The Balaban J connectivity index is 1.50. The van der Waals surface area contributed by atoms with Crippen molar-refractivity contribution in [1.29, 1.82) is 0 Å². The number of carbonyl (C=O) groups excluding carboxylic acids is 1. The van der Waals surface area contributed by atoms with Gasteiger partial charge in [-0.3, -0.25) is 9.69 Å². The summed E-state index contributed by atoms with van der Waals surface area (Å²) in [5, 5.41) is 1.91. The van der Waals surface area contributed by atoms with E-state index in [4.69, 9.17) is 26.1 Å². The number of methoxy groups -OCH3 is 1. The van der Waals surface area contributed by atoms with Crippen molar-refractivity contribution in [2.45, 2.75) is 52.3 Å². The molecule has 1 saturated heterocycles. The lowest BCUT2D eigenvalue weighted by atomic mass is 9.94. The van der Waals surface area contributed by atoms with Crippen LogP contribution in [0, 0.1) is 12.8 Å². The minimum atomic E-state index is -0.363. The Morgan fingerprint density at radius 3 is 2.81 bits per heavy atom. The van der Waals surface area contributed by atoms with E-state index < -0.39 is 0 Å². The molecule has 1 fully saturated rings. The van der Waals surface area contributed by atoms with Crippen molar-refractivity contribution in [1.82, 2.24) is 14.8 Å². The molecule has 1 atom stereocenters. The predicted octanol–water partition coefficient (Wildman–Crippen LogP) is 5.37. The average molecular weight is 506 g/mol. The van der Waals surface area contributed by atoms with Crippen molar-refractivity contribution in [2.24, 2.45) is 5.92 Å². The standard InChI is InChI=1S/C29H32ClN3O3/c1-16-5-7-32(8-6-16)13-21-19-9-17(2)24(30)11-25(19)31-29-22(21)14-33-18(3)23-15-36-28(34)12-27(35-4)20(23)10-26(29)33/h9-11,16,27H,3,5-8,12-15H2,1-2,4H3. The third-order valence-corrected chi connectivity index (χ3v) is 8.68. The third-order valence-electron chi connectivity index (χ3n) is 8.27. The fourth-order valence-electron chi connectivity index (χ4n) is 5.96. The number of cyclic esters (lactones) is 1. The Morgan fingerprint density at radius 2 is 2.06 bits per heavy atom. The summed E-state index contributed by atoms with van der Waals surface area (Å²) in [5.41, 5.74) is 9.29. The molecule has 1 aromatic carbocycles. The van der Waals surface area contributed by atoms with Crippen LogP contribution in [0.25, 0.3) is 16.6 Å². The molecule has 0 N–H and O–H groups in total. The zero-order valence-corrected chi connectivity index (χ0v) is 22.0. The molecule has 5 heterocycles. The second kappa shape index (κ2) is 9.02. The third kappa shape index (κ3) is 3.87. The molecular weight excluding hydrogens is 474 g/mol. The molecule has 0 amide bonds. The number of halogens is 1. The van der Waals surface area contributed by atoms with E-state index in [0.717, 1.165) is 69.9 Å². The lowest BCUT2D eigenvalue weighted by molar-refractivity contribution is -0.144. The number of likely N-dealkylation sites (tertiary alicyclic amines) is 1. The summed E-state index contributed by atoms with van der Waals surface area (Å²) in [4.78, 5) is 22.1. The van der Waals surface area contributed by atoms with Gasteiger partial charge in [-0.15, -0.1) is 0 Å². The monoisotopic (exact) mass is 505 g/mol. The SMILES string of the molecule is C=C1C2=C(C=C3c4nc5cc(Cl)c(C)cc5c(CN5CCC(C)CC5)c4CN13)C(OC)CC(=O)OC2. The van der Waals surface area contributed by atoms with Gasteiger partial charge in [-0.2, -0.15) is 0 Å². The van der Waals surface area contributed by atoms with Crippen LogP contribution in [0.5, 0.6) is 0 Å². The summed E-state index contributed by atoms with van der Waals surface area (Å²) in [6, 6.07) is 4.19. The summed E-state index contributed by atoms with van der Waals surface area (Å²) >= 11 is 6.56. The van der Waals surface area contributed by atoms with Crippen LogP contribution in [-0.2, 0) is 27.4 Å². The highest BCUT2D eigenvalue weighted by molar-refractivity contribution is 6.32. The molecule has 188 valence electrons. The van der Waals surface area contributed by atoms with Crippen LogP contribution in [0.1, 0.15) is 48.6 Å². The number of esters is 1. The molecule has 0 spiro atoms. The second-order valence-electron chi connectivity index (χ2n) is 10.6. The largest absolute Gasteiger partial charge is 0.461 e. The van der Waals surface area contributed by atoms with E-state index in [2.05, 4.69) is 42.4 Å². The van der Waals surface area contributed by atoms with Crippen molar-refractivity contribution in [2.75, 3.05) is 26.8 Å². The highest BCUT2D eigenvalue weighted by atomic mass is 35.5. The van der Waals surface area contributed by atoms with Gasteiger partial charge < -0.3 is 14.4 Å². The molecule has 7 heteroatoms. The van der Waals surface area contributed by atoms with Crippen molar-refractivity contribution in [3.63, 3.8) is 0 Å². The van der Waals surface area contributed by atoms with Crippen molar-refractivity contribution >= 4 is 34.2 Å². The first-order valence-electron chi connectivity index (χ1n) is 12.8. The maximum absolute atomic E-state index is 12.2. The number of piperidine rings is 1. The smallest absolute Gasteiger partial charge is 0.309 e. The zero-order chi connectivity index (χ0) is 25.1. The van der Waals surface area contributed by atoms with E-state index >= 15 is 0 Å². The first-order valence-corrected chi connectivity index (χ1v) is 13.2. The maximum atomic E-state index is 12.2. The summed E-state index contributed by atoms with van der Waals surface area (Å²) in [6.45, 7) is 12.9. The van der Waals surface area contributed by atoms with Crippen LogP contribution in [0.4, 0.5) is 0 Å². The van der Waals surface area contributed by atoms with Gasteiger partial charge >= 0.3 is 5.97 Å². The van der Waals surface area contributed by atoms with Crippen LogP contribution >= 0.6 is 11.6 Å². The van der Waals surface area contributed by atoms with Gasteiger partial charge in [-0.1, -0.05) is 25.1 Å². The number of rotatable bonds is 3. The van der Waals surface area contributed by atoms with Gasteiger partial charge in [-0.05, 0) is 73.7 Å². The summed E-state index contributed by atoms with van der Waals surface area (Å²) < 4.78 is 11.2. The lowest BCUT2D eigenvalue weighted by Crippen LogP contribution is -2.32. The quantitative estimate of drug-likeness (QED) is 0.523. The van der Waals surface area contributed by atoms with Gasteiger partial charge in [0, 0.05) is 40.9 Å². The molecule has 4 aliphatic rings. The van der Waals surface area contributed by atoms with Gasteiger partial charge in [0.1, 0.15) is 6.61 Å². The normalized spacial score (nSPS) is 22.8. The minimum Gasteiger partial charge on any atom is -0.461 e. The van der Waals surface area contributed by atoms with Crippen LogP contribution in [-0.4, -0.2) is 53.7 Å². The summed E-state index contributed by atoms with van der Waals surface area (Å²) in [7, 11) is 1.64. The van der Waals surface area contributed by atoms with Crippen LogP contribution in [0.3, 0.4) is 0 Å². The molecule has 6 nitrogen and oxygen atoms in total. The van der Waals surface area contributed by atoms with Gasteiger partial charge in [0.05, 0.1) is 36.0 Å². The van der Waals surface area contributed by atoms with E-state index in [1.165, 1.54) is 29.4 Å². The molecule has 0 bridgehead atoms. The van der Waals surface area contributed by atoms with Crippen LogP contribution < -0.4 is 0 Å². The number of hydrogen-bond donors (Lipinski definition) is 0. The molecular formula is C29H32ClN3O3. The predicted molar refractivity (Wildman–Crippen MR) is 141 cm³/mol. The summed E-state index contributed by atoms with van der Waals surface area (Å²) in [6.07, 6.45) is 4.43. The van der Waals surface area contributed by atoms with Gasteiger partial charge in [-0.25, -0.2) is 4.98 Å². The topological polar surface area (TPSA) is 54.9 Å². The van der Waals surface area contributed by atoms with Crippen LogP contribution in [0.15, 0.2) is 41.6 Å². The average Bonchev–Trinajstić information content (AvgIpc) is 3.13. The number of benzene rings is 1. The number of ether oxygens (including phenoxy) is 2. The first kappa shape index (κ1) is 23.7. The van der Waals surface area contributed by atoms with Crippen molar-refractivity contribution in [3.05, 3.63) is 69.0 Å². The Hall–Kier alpha value is -2.67. The molecule has 1 unspecified atom stereocenters. The first-order chi connectivity index (χ1) is 17.3. The summed E-state index contributed by atoms with van der Waals surface area (Å²) in [5.74, 6) is 0.532. The lowest BCUT2D eigenvalue weighted by Gasteiger charge is -2.31. The van der Waals surface area contributed by atoms with E-state index in [9.17, 15) is 4.79 Å². The van der Waals surface area contributed by atoms with Crippen molar-refractivity contribution in [3.8, 4) is 0 Å². The number of hydrogen-bond acceptors (Lipinski definition) is 6. The second-order valence-corrected chi connectivity index (χ2v) is 11.0. The molecule has 0 saturated carbocycles. The minimum absolute atomic E-state index is 0.192. The highest BCUT2D eigenvalue weighted by Crippen LogP contribution is 2.46. The Bertz CT molecular complexity index is 1350. The van der Waals surface area contributed by atoms with E-state index in [-0.39, 0.29) is 25.1 Å². The van der Waals surface area contributed by atoms with Crippen LogP contribution in [0.2, 0.25) is 5.02 Å². The van der Waals surface area contributed by atoms with E-state index in [1.54, 1.807) is 7.11 Å². The fraction of sp³-hybridized carbons (Fsp3) is 0.448. The molecule has 1 aromatic heterocycles. The van der Waals surface area contributed by atoms with Gasteiger partial charge in [0.2, 0.25) is 0 Å². The molecule has 0 aliphatic carbocycles. The number of aryl methyl sites for hydroxylation is 1. The number of fused-ring (bicyclic) bond motifs is 4. The molecule has 36 heavy (non-hydrogen) atoms. The van der Waals surface area contributed by atoms with Gasteiger partial charge in [0.25, 0.3) is 0 Å². The molecule has 0 radical (unpaired) electrons. The molecule has 6 rings (SSSR count). The number of nitrogens with zero attached hydrogens (tertiary/aromatic N) is 3. The molecule has 2 aromatic rings. The van der Waals surface area contributed by atoms with E-state index in [1.807, 2.05) is 6.07 Å². The number of pyridine rings is 1. The Morgan fingerprint density at radius 1 is 1.28 bits per heavy atom. The Labute approximate surface area is 217 Å². The van der Waals surface area contributed by atoms with Gasteiger partial charge in [0.15, 0.2) is 0 Å².